The summed E-state index contributed by atoms with van der Waals surface area (Å²) in [6.45, 7) is 5.73. The Morgan fingerprint density at radius 3 is 2.35 bits per heavy atom. The van der Waals surface area contributed by atoms with E-state index >= 15 is 0 Å². The number of para-hydroxylation sites is 1. The van der Waals surface area contributed by atoms with Crippen LogP contribution in [0.4, 0.5) is 22.7 Å². The van der Waals surface area contributed by atoms with Crippen LogP contribution in [0.15, 0.2) is 87.9 Å². The van der Waals surface area contributed by atoms with Gasteiger partial charge in [-0.3, -0.25) is 4.31 Å². The number of phenols is 1. The quantitative estimate of drug-likeness (QED) is 0.250. The topological polar surface area (TPSA) is 108 Å². The maximum atomic E-state index is 13.7. The summed E-state index contributed by atoms with van der Waals surface area (Å²) in [5, 5.41) is 20.4. The molecule has 8 heteroatoms. The number of aromatic hydroxyl groups is 1. The summed E-state index contributed by atoms with van der Waals surface area (Å²) in [5.74, 6) is 0.0363. The molecule has 4 aromatic rings. The van der Waals surface area contributed by atoms with Gasteiger partial charge in [0.25, 0.3) is 10.0 Å². The Hall–Kier alpha value is -3.91. The van der Waals surface area contributed by atoms with Gasteiger partial charge in [0, 0.05) is 6.54 Å². The zero-order chi connectivity index (χ0) is 24.5. The molecule has 0 unspecified atom stereocenters. The van der Waals surface area contributed by atoms with Crippen molar-refractivity contribution in [1.29, 1.82) is 0 Å². The van der Waals surface area contributed by atoms with Crippen molar-refractivity contribution in [2.75, 3.05) is 16.6 Å². The third-order valence-corrected chi connectivity index (χ3v) is 7.45. The average Bonchev–Trinajstić information content (AvgIpc) is 2.80. The van der Waals surface area contributed by atoms with Gasteiger partial charge < -0.3 is 10.8 Å². The molecule has 4 rings (SSSR count). The molecule has 0 spiro atoms. The van der Waals surface area contributed by atoms with Crippen molar-refractivity contribution in [2.45, 2.75) is 25.7 Å². The van der Waals surface area contributed by atoms with E-state index in [0.29, 0.717) is 16.8 Å². The molecule has 0 aliphatic rings. The second-order valence-corrected chi connectivity index (χ2v) is 9.89. The van der Waals surface area contributed by atoms with Crippen LogP contribution in [0.2, 0.25) is 0 Å². The van der Waals surface area contributed by atoms with Gasteiger partial charge >= 0.3 is 0 Å². The molecule has 0 fully saturated rings. The van der Waals surface area contributed by atoms with Crippen molar-refractivity contribution in [2.24, 2.45) is 10.2 Å². The predicted molar refractivity (Wildman–Crippen MR) is 137 cm³/mol. The number of aryl methyl sites for hydroxylation is 2. The van der Waals surface area contributed by atoms with Gasteiger partial charge in [0.1, 0.15) is 22.0 Å². The zero-order valence-corrected chi connectivity index (χ0v) is 20.0. The maximum Gasteiger partial charge on any atom is 0.266 e. The number of sulfonamides is 1. The van der Waals surface area contributed by atoms with Gasteiger partial charge in [-0.1, -0.05) is 36.4 Å². The van der Waals surface area contributed by atoms with E-state index in [9.17, 15) is 13.5 Å². The summed E-state index contributed by atoms with van der Waals surface area (Å²) in [6, 6.07) is 20.9. The van der Waals surface area contributed by atoms with Crippen LogP contribution in [0, 0.1) is 13.8 Å². The van der Waals surface area contributed by atoms with E-state index in [-0.39, 0.29) is 28.6 Å². The number of nitrogens with zero attached hydrogens (tertiary/aromatic N) is 3. The summed E-state index contributed by atoms with van der Waals surface area (Å²) >= 11 is 0. The van der Waals surface area contributed by atoms with E-state index in [4.69, 9.17) is 5.73 Å². The van der Waals surface area contributed by atoms with Crippen LogP contribution in [0.25, 0.3) is 10.8 Å². The fourth-order valence-electron chi connectivity index (χ4n) is 3.91. The monoisotopic (exact) mass is 474 g/mol. The number of benzene rings is 4. The van der Waals surface area contributed by atoms with E-state index < -0.39 is 10.0 Å². The first-order valence-corrected chi connectivity index (χ1v) is 12.3. The van der Waals surface area contributed by atoms with Crippen molar-refractivity contribution in [3.05, 3.63) is 83.9 Å². The molecule has 0 amide bonds. The Labute approximate surface area is 199 Å². The molecule has 0 heterocycles. The Kier molecular flexibility index (Phi) is 6.26. The first-order chi connectivity index (χ1) is 16.2. The van der Waals surface area contributed by atoms with Gasteiger partial charge in [-0.25, -0.2) is 8.42 Å². The normalized spacial score (nSPS) is 11.9. The molecular weight excluding hydrogens is 448 g/mol. The molecule has 0 radical (unpaired) electrons. The summed E-state index contributed by atoms with van der Waals surface area (Å²) in [7, 11) is -3.93. The number of nitrogen functional groups attached to an aromatic ring is 1. The van der Waals surface area contributed by atoms with Crippen molar-refractivity contribution in [3.63, 3.8) is 0 Å². The van der Waals surface area contributed by atoms with E-state index in [0.717, 1.165) is 16.5 Å². The summed E-state index contributed by atoms with van der Waals surface area (Å²) < 4.78 is 28.7. The molecule has 0 atom stereocenters. The molecule has 7 nitrogen and oxygen atoms in total. The van der Waals surface area contributed by atoms with Crippen LogP contribution in [0.5, 0.6) is 5.75 Å². The van der Waals surface area contributed by atoms with E-state index in [1.54, 1.807) is 67.6 Å². The number of phenolic OH excluding ortho intramolecular Hbond substituents is 1. The number of anilines is 2. The zero-order valence-electron chi connectivity index (χ0n) is 19.2. The fourth-order valence-corrected chi connectivity index (χ4v) is 5.60. The van der Waals surface area contributed by atoms with Crippen LogP contribution in [-0.4, -0.2) is 20.1 Å². The predicted octanol–water partition coefficient (Wildman–Crippen LogP) is 6.38. The van der Waals surface area contributed by atoms with Crippen molar-refractivity contribution < 1.29 is 13.5 Å². The Morgan fingerprint density at radius 1 is 0.912 bits per heavy atom. The molecule has 34 heavy (non-hydrogen) atoms. The lowest BCUT2D eigenvalue weighted by Crippen LogP contribution is -2.30. The highest BCUT2D eigenvalue weighted by molar-refractivity contribution is 7.93. The van der Waals surface area contributed by atoms with Crippen LogP contribution in [0.3, 0.4) is 0 Å². The minimum atomic E-state index is -3.93. The summed E-state index contributed by atoms with van der Waals surface area (Å²) in [5.41, 5.74) is 9.19. The number of nitrogens with two attached hydrogens (primary N) is 1. The molecule has 4 aromatic carbocycles. The molecule has 0 aromatic heterocycles. The van der Waals surface area contributed by atoms with Crippen LogP contribution in [0.1, 0.15) is 18.1 Å². The first kappa shape index (κ1) is 23.3. The Bertz CT molecular complexity index is 1500. The minimum Gasteiger partial charge on any atom is -0.507 e. The van der Waals surface area contributed by atoms with Gasteiger partial charge in [0.2, 0.25) is 0 Å². The summed E-state index contributed by atoms with van der Waals surface area (Å²) in [4.78, 5) is 0.0424. The first-order valence-electron chi connectivity index (χ1n) is 10.8. The third-order valence-electron chi connectivity index (χ3n) is 5.52. The SMILES string of the molecule is CCN(c1ccccc1)S(=O)(=O)c1cc(C)ccc1N=Nc1c(N)ccc2cc(C)cc(O)c12. The van der Waals surface area contributed by atoms with E-state index in [2.05, 4.69) is 10.2 Å². The Balaban J connectivity index is 1.86. The number of hydrogen-bond acceptors (Lipinski definition) is 6. The average molecular weight is 475 g/mol. The molecular formula is C26H26N4O3S. The van der Waals surface area contributed by atoms with E-state index in [1.807, 2.05) is 26.0 Å². The van der Waals surface area contributed by atoms with Gasteiger partial charge in [-0.05, 0) is 73.7 Å². The fraction of sp³-hybridized carbons (Fsp3) is 0.154. The standard InChI is InChI=1S/C26H26N4O3S/c1-4-30(20-8-6-5-7-9-20)34(32,33)24-16-17(2)10-13-22(24)28-29-26-21(27)12-11-19-14-18(3)15-23(31)25(19)26/h5-16,31H,4,27H2,1-3H3. The lowest BCUT2D eigenvalue weighted by atomic mass is 10.0. The second-order valence-electron chi connectivity index (χ2n) is 8.06. The van der Waals surface area contributed by atoms with Gasteiger partial charge in [-0.15, -0.1) is 10.2 Å². The van der Waals surface area contributed by atoms with E-state index in [1.165, 1.54) is 4.31 Å². The highest BCUT2D eigenvalue weighted by Gasteiger charge is 2.27. The molecule has 0 aliphatic carbocycles. The molecule has 0 saturated heterocycles. The molecule has 3 N–H and O–H groups in total. The number of hydrogen-bond donors (Lipinski definition) is 2. The highest BCUT2D eigenvalue weighted by atomic mass is 32.2. The lowest BCUT2D eigenvalue weighted by molar-refractivity contribution is 0.481. The number of fused-ring (bicyclic) bond motifs is 1. The van der Waals surface area contributed by atoms with Crippen molar-refractivity contribution >= 4 is 43.5 Å². The summed E-state index contributed by atoms with van der Waals surface area (Å²) in [6.07, 6.45) is 0. The van der Waals surface area contributed by atoms with Gasteiger partial charge in [0.05, 0.1) is 16.8 Å². The molecule has 0 aliphatic heterocycles. The van der Waals surface area contributed by atoms with Crippen molar-refractivity contribution in [1.82, 2.24) is 0 Å². The minimum absolute atomic E-state index is 0.0363. The second kappa shape index (κ2) is 9.15. The highest BCUT2D eigenvalue weighted by Crippen LogP contribution is 2.40. The van der Waals surface area contributed by atoms with Crippen LogP contribution < -0.4 is 10.0 Å². The maximum absolute atomic E-state index is 13.7. The molecule has 0 bridgehead atoms. The number of rotatable bonds is 6. The third kappa shape index (κ3) is 4.32. The van der Waals surface area contributed by atoms with Crippen molar-refractivity contribution in [3.8, 4) is 5.75 Å². The molecule has 0 saturated carbocycles. The number of azo groups is 1. The molecule has 174 valence electrons. The van der Waals surface area contributed by atoms with Gasteiger partial charge in [-0.2, -0.15) is 0 Å². The smallest absolute Gasteiger partial charge is 0.266 e. The van der Waals surface area contributed by atoms with Crippen LogP contribution in [-0.2, 0) is 10.0 Å². The van der Waals surface area contributed by atoms with Crippen LogP contribution >= 0.6 is 0 Å². The Morgan fingerprint density at radius 2 is 1.65 bits per heavy atom. The van der Waals surface area contributed by atoms with Gasteiger partial charge in [0.15, 0.2) is 0 Å². The lowest BCUT2D eigenvalue weighted by Gasteiger charge is -2.23. The largest absolute Gasteiger partial charge is 0.507 e.